The van der Waals surface area contributed by atoms with E-state index < -0.39 is 16.7 Å². The Bertz CT molecular complexity index is 1130. The molecule has 0 aliphatic heterocycles. The number of nitrogens with one attached hydrogen (secondary N) is 2. The monoisotopic (exact) mass is 410 g/mol. The molecule has 2 amide bonds. The Morgan fingerprint density at radius 2 is 1.83 bits per heavy atom. The second kappa shape index (κ2) is 8.31. The van der Waals surface area contributed by atoms with Crippen LogP contribution in [0.25, 0.3) is 11.3 Å². The normalized spacial score (nSPS) is 10.2. The lowest BCUT2D eigenvalue weighted by Crippen LogP contribution is -2.34. The van der Waals surface area contributed by atoms with E-state index >= 15 is 0 Å². The van der Waals surface area contributed by atoms with Crippen LogP contribution in [0.2, 0.25) is 0 Å². The minimum atomic E-state index is -0.644. The molecule has 3 aromatic rings. The van der Waals surface area contributed by atoms with Gasteiger partial charge in [0.25, 0.3) is 17.5 Å². The zero-order valence-electron chi connectivity index (χ0n) is 14.7. The first-order chi connectivity index (χ1) is 13.8. The van der Waals surface area contributed by atoms with Gasteiger partial charge in [-0.25, -0.2) is 0 Å². The van der Waals surface area contributed by atoms with Crippen molar-refractivity contribution in [3.63, 3.8) is 0 Å². The summed E-state index contributed by atoms with van der Waals surface area (Å²) in [6.07, 6.45) is 0. The molecular weight excluding hydrogens is 396 g/mol. The third-order valence-electron chi connectivity index (χ3n) is 3.84. The molecule has 0 spiro atoms. The van der Waals surface area contributed by atoms with Crippen LogP contribution in [0.4, 0.5) is 11.4 Å². The number of nitrogens with two attached hydrogens (primary N) is 1. The molecule has 0 fully saturated rings. The van der Waals surface area contributed by atoms with Gasteiger partial charge in [-0.05, 0) is 36.5 Å². The maximum absolute atomic E-state index is 12.4. The molecule has 1 aromatic heterocycles. The van der Waals surface area contributed by atoms with E-state index in [1.165, 1.54) is 36.4 Å². The Labute approximate surface area is 169 Å². The molecule has 3 rings (SSSR count). The summed E-state index contributed by atoms with van der Waals surface area (Å²) in [7, 11) is 0. The Morgan fingerprint density at radius 3 is 2.55 bits per heavy atom. The second-order valence-corrected chi connectivity index (χ2v) is 6.20. The topological polar surface area (TPSA) is 140 Å². The molecule has 0 unspecified atom stereocenters. The van der Waals surface area contributed by atoms with Crippen molar-refractivity contribution in [3.8, 4) is 11.3 Å². The largest absolute Gasteiger partial charge is 0.451 e. The summed E-state index contributed by atoms with van der Waals surface area (Å²) in [6, 6.07) is 15.2. The highest BCUT2D eigenvalue weighted by Gasteiger charge is 2.16. The summed E-state index contributed by atoms with van der Waals surface area (Å²) in [5.41, 5.74) is 6.23. The van der Waals surface area contributed by atoms with Gasteiger partial charge in [-0.15, -0.1) is 0 Å². The number of anilines is 1. The summed E-state index contributed by atoms with van der Waals surface area (Å²) in [5, 5.41) is 16.0. The summed E-state index contributed by atoms with van der Waals surface area (Å²) in [4.78, 5) is 34.2. The molecule has 0 saturated heterocycles. The zero-order chi connectivity index (χ0) is 21.0. The van der Waals surface area contributed by atoms with Gasteiger partial charge in [0.2, 0.25) is 0 Å². The van der Waals surface area contributed by atoms with Crippen LogP contribution in [0.15, 0.2) is 65.1 Å². The Balaban J connectivity index is 1.71. The highest BCUT2D eigenvalue weighted by molar-refractivity contribution is 7.80. The fourth-order valence-electron chi connectivity index (χ4n) is 2.51. The number of nitro groups is 1. The molecule has 0 aliphatic rings. The number of amides is 2. The van der Waals surface area contributed by atoms with E-state index in [1.54, 1.807) is 24.3 Å². The van der Waals surface area contributed by atoms with Gasteiger partial charge in [-0.2, -0.15) is 0 Å². The quantitative estimate of drug-likeness (QED) is 0.333. The maximum Gasteiger partial charge on any atom is 0.293 e. The average Bonchev–Trinajstić information content (AvgIpc) is 3.18. The molecule has 0 bridgehead atoms. The van der Waals surface area contributed by atoms with E-state index in [-0.39, 0.29) is 27.9 Å². The Kier molecular flexibility index (Phi) is 5.65. The molecular formula is C19H14N4O5S. The van der Waals surface area contributed by atoms with Crippen molar-refractivity contribution in [2.24, 2.45) is 5.73 Å². The third kappa shape index (κ3) is 4.62. The third-order valence-corrected chi connectivity index (χ3v) is 4.04. The smallest absolute Gasteiger partial charge is 0.293 e. The lowest BCUT2D eigenvalue weighted by atomic mass is 10.1. The van der Waals surface area contributed by atoms with Gasteiger partial charge in [0.15, 0.2) is 10.9 Å². The van der Waals surface area contributed by atoms with Crippen molar-refractivity contribution >= 4 is 40.5 Å². The van der Waals surface area contributed by atoms with Crippen LogP contribution < -0.4 is 16.4 Å². The van der Waals surface area contributed by atoms with E-state index in [4.69, 9.17) is 22.4 Å². The number of thiocarbonyl (C=S) groups is 1. The van der Waals surface area contributed by atoms with Gasteiger partial charge < -0.3 is 15.5 Å². The summed E-state index contributed by atoms with van der Waals surface area (Å²) in [5.74, 6) is -1.03. The lowest BCUT2D eigenvalue weighted by Gasteiger charge is -2.11. The van der Waals surface area contributed by atoms with Crippen LogP contribution in [0, 0.1) is 10.1 Å². The Hall–Kier alpha value is -4.05. The van der Waals surface area contributed by atoms with Gasteiger partial charge >= 0.3 is 0 Å². The highest BCUT2D eigenvalue weighted by Crippen LogP contribution is 2.25. The first-order valence-corrected chi connectivity index (χ1v) is 8.62. The van der Waals surface area contributed by atoms with E-state index in [0.717, 1.165) is 0 Å². The number of non-ortho nitro benzene ring substituents is 1. The fourth-order valence-corrected chi connectivity index (χ4v) is 2.72. The Morgan fingerprint density at radius 1 is 1.07 bits per heavy atom. The van der Waals surface area contributed by atoms with Crippen LogP contribution in [0.5, 0.6) is 0 Å². The zero-order valence-corrected chi connectivity index (χ0v) is 15.6. The minimum Gasteiger partial charge on any atom is -0.451 e. The molecule has 4 N–H and O–H groups in total. The molecule has 29 heavy (non-hydrogen) atoms. The van der Waals surface area contributed by atoms with Crippen LogP contribution >= 0.6 is 12.2 Å². The highest BCUT2D eigenvalue weighted by atomic mass is 32.1. The summed E-state index contributed by atoms with van der Waals surface area (Å²) < 4.78 is 5.48. The van der Waals surface area contributed by atoms with Gasteiger partial charge in [0.05, 0.1) is 16.2 Å². The van der Waals surface area contributed by atoms with Crippen LogP contribution in [0.3, 0.4) is 0 Å². The van der Waals surface area contributed by atoms with Crippen LogP contribution in [-0.4, -0.2) is 21.9 Å². The van der Waals surface area contributed by atoms with Crippen LogP contribution in [-0.2, 0) is 0 Å². The molecule has 9 nitrogen and oxygen atoms in total. The fraction of sp³-hybridized carbons (Fsp3) is 0. The molecule has 1 heterocycles. The number of carbonyl (C=O) groups excluding carboxylic acids is 2. The second-order valence-electron chi connectivity index (χ2n) is 5.79. The first kappa shape index (κ1) is 19.7. The number of benzene rings is 2. The standard InChI is InChI=1S/C19H14N4O5S/c20-17(24)13-6-1-2-7-14(13)21-19(29)22-18(25)16-9-8-15(28-16)11-4-3-5-12(10-11)23(26)27/h1-10H,(H2,20,24)(H2,21,22,25,29). The van der Waals surface area contributed by atoms with Crippen molar-refractivity contribution < 1.29 is 18.9 Å². The summed E-state index contributed by atoms with van der Waals surface area (Å²) in [6.45, 7) is 0. The molecule has 10 heteroatoms. The minimum absolute atomic E-state index is 0.0427. The van der Waals surface area contributed by atoms with E-state index in [1.807, 2.05) is 0 Å². The SMILES string of the molecule is NC(=O)c1ccccc1NC(=S)NC(=O)c1ccc(-c2cccc([N+](=O)[O-])c2)o1. The predicted octanol–water partition coefficient (Wildman–Crippen LogP) is 3.08. The van der Waals surface area contributed by atoms with Gasteiger partial charge in [0, 0.05) is 17.7 Å². The predicted molar refractivity (Wildman–Crippen MR) is 109 cm³/mol. The van der Waals surface area contributed by atoms with Gasteiger partial charge in [-0.3, -0.25) is 25.0 Å². The number of carbonyl (C=O) groups is 2. The van der Waals surface area contributed by atoms with Crippen LogP contribution in [0.1, 0.15) is 20.9 Å². The maximum atomic E-state index is 12.4. The summed E-state index contributed by atoms with van der Waals surface area (Å²) >= 11 is 5.09. The van der Waals surface area contributed by atoms with Crippen molar-refractivity contribution in [1.82, 2.24) is 5.32 Å². The van der Waals surface area contributed by atoms with E-state index in [2.05, 4.69) is 10.6 Å². The lowest BCUT2D eigenvalue weighted by molar-refractivity contribution is -0.384. The van der Waals surface area contributed by atoms with Crippen molar-refractivity contribution in [2.75, 3.05) is 5.32 Å². The molecule has 0 saturated carbocycles. The molecule has 0 aliphatic carbocycles. The van der Waals surface area contributed by atoms with E-state index in [9.17, 15) is 19.7 Å². The number of hydrogen-bond donors (Lipinski definition) is 3. The number of furan rings is 1. The number of rotatable bonds is 5. The number of nitrogens with zero attached hydrogens (tertiary/aromatic N) is 1. The molecule has 2 aromatic carbocycles. The van der Waals surface area contributed by atoms with E-state index in [0.29, 0.717) is 11.3 Å². The van der Waals surface area contributed by atoms with Crippen molar-refractivity contribution in [3.05, 3.63) is 82.1 Å². The number of hydrogen-bond acceptors (Lipinski definition) is 6. The van der Waals surface area contributed by atoms with Gasteiger partial charge in [0.1, 0.15) is 5.76 Å². The molecule has 146 valence electrons. The molecule has 0 atom stereocenters. The average molecular weight is 410 g/mol. The number of para-hydroxylation sites is 1. The van der Waals surface area contributed by atoms with Crippen molar-refractivity contribution in [1.29, 1.82) is 0 Å². The van der Waals surface area contributed by atoms with Crippen molar-refractivity contribution in [2.45, 2.75) is 0 Å². The first-order valence-electron chi connectivity index (χ1n) is 8.21. The van der Waals surface area contributed by atoms with Gasteiger partial charge in [-0.1, -0.05) is 24.3 Å². The molecule has 0 radical (unpaired) electrons. The number of nitro benzene ring substituents is 1. The number of primary amides is 1.